The first-order chi connectivity index (χ1) is 8.88. The SMILES string of the molecule is CSC1(CNS(=O)(=O)c2ccc(Cl)c(N)c2)CCC1. The number of nitrogens with two attached hydrogens (primary N) is 1. The van der Waals surface area contributed by atoms with Crippen LogP contribution < -0.4 is 10.5 Å². The Labute approximate surface area is 123 Å². The molecule has 0 unspecified atom stereocenters. The highest BCUT2D eigenvalue weighted by Crippen LogP contribution is 2.42. The van der Waals surface area contributed by atoms with Crippen LogP contribution in [0.2, 0.25) is 5.02 Å². The molecule has 1 aromatic rings. The van der Waals surface area contributed by atoms with Crippen molar-refractivity contribution >= 4 is 39.1 Å². The number of nitrogen functional groups attached to an aromatic ring is 1. The minimum atomic E-state index is -3.52. The number of thioether (sulfide) groups is 1. The third-order valence-electron chi connectivity index (χ3n) is 3.56. The van der Waals surface area contributed by atoms with Crippen LogP contribution >= 0.6 is 23.4 Å². The third-order valence-corrected chi connectivity index (χ3v) is 6.72. The Morgan fingerprint density at radius 2 is 2.16 bits per heavy atom. The van der Waals surface area contributed by atoms with Crippen molar-refractivity contribution in [2.24, 2.45) is 0 Å². The van der Waals surface area contributed by atoms with Gasteiger partial charge in [0.25, 0.3) is 0 Å². The van der Waals surface area contributed by atoms with Crippen molar-refractivity contribution < 1.29 is 8.42 Å². The largest absolute Gasteiger partial charge is 0.397 e. The van der Waals surface area contributed by atoms with E-state index >= 15 is 0 Å². The van der Waals surface area contributed by atoms with Crippen LogP contribution in [0, 0.1) is 0 Å². The van der Waals surface area contributed by atoms with Crippen molar-refractivity contribution in [1.29, 1.82) is 0 Å². The first-order valence-corrected chi connectivity index (χ1v) is 9.07. The van der Waals surface area contributed by atoms with Crippen LogP contribution in [-0.2, 0) is 10.0 Å². The van der Waals surface area contributed by atoms with E-state index in [4.69, 9.17) is 17.3 Å². The second-order valence-electron chi connectivity index (χ2n) is 4.75. The highest BCUT2D eigenvalue weighted by molar-refractivity contribution is 8.00. The standard InChI is InChI=1S/C12H17ClN2O2S2/c1-18-12(5-2-6-12)8-15-19(16,17)9-3-4-10(13)11(14)7-9/h3-4,7,15H,2,5-6,8,14H2,1H3. The van der Waals surface area contributed by atoms with Gasteiger partial charge in [0, 0.05) is 11.3 Å². The lowest BCUT2D eigenvalue weighted by Gasteiger charge is -2.40. The topological polar surface area (TPSA) is 72.2 Å². The molecule has 1 saturated carbocycles. The van der Waals surface area contributed by atoms with Gasteiger partial charge < -0.3 is 5.73 Å². The number of hydrogen-bond acceptors (Lipinski definition) is 4. The Morgan fingerprint density at radius 1 is 1.47 bits per heavy atom. The van der Waals surface area contributed by atoms with Crippen molar-refractivity contribution in [3.63, 3.8) is 0 Å². The summed E-state index contributed by atoms with van der Waals surface area (Å²) in [4.78, 5) is 0.157. The molecule has 19 heavy (non-hydrogen) atoms. The van der Waals surface area contributed by atoms with Crippen molar-refractivity contribution in [2.45, 2.75) is 28.9 Å². The molecule has 0 aromatic heterocycles. The highest BCUT2D eigenvalue weighted by atomic mass is 35.5. The Kier molecular flexibility index (Phi) is 4.35. The van der Waals surface area contributed by atoms with Crippen LogP contribution in [0.5, 0.6) is 0 Å². The zero-order chi connectivity index (χ0) is 14.1. The number of hydrogen-bond donors (Lipinski definition) is 2. The maximum atomic E-state index is 12.2. The predicted molar refractivity (Wildman–Crippen MR) is 81.1 cm³/mol. The summed E-state index contributed by atoms with van der Waals surface area (Å²) in [5, 5.41) is 0.360. The molecule has 0 heterocycles. The van der Waals surface area contributed by atoms with Crippen LogP contribution in [0.15, 0.2) is 23.1 Å². The molecular weight excluding hydrogens is 304 g/mol. The van der Waals surface area contributed by atoms with Gasteiger partial charge in [-0.2, -0.15) is 11.8 Å². The Hall–Kier alpha value is -0.430. The van der Waals surface area contributed by atoms with Gasteiger partial charge in [0.15, 0.2) is 0 Å². The third kappa shape index (κ3) is 3.18. The highest BCUT2D eigenvalue weighted by Gasteiger charge is 2.37. The lowest BCUT2D eigenvalue weighted by atomic mass is 9.84. The molecule has 1 fully saturated rings. The second kappa shape index (κ2) is 5.52. The number of halogens is 1. The summed E-state index contributed by atoms with van der Waals surface area (Å²) in [5.41, 5.74) is 5.91. The molecule has 1 aromatic carbocycles. The molecule has 3 N–H and O–H groups in total. The lowest BCUT2D eigenvalue weighted by molar-refractivity contribution is 0.362. The fourth-order valence-corrected chi connectivity index (χ4v) is 4.31. The molecule has 0 saturated heterocycles. The minimum absolute atomic E-state index is 0.0606. The summed E-state index contributed by atoms with van der Waals surface area (Å²) in [6, 6.07) is 4.35. The van der Waals surface area contributed by atoms with Gasteiger partial charge in [-0.3, -0.25) is 0 Å². The number of sulfonamides is 1. The normalized spacial score (nSPS) is 18.0. The molecule has 2 rings (SSSR count). The summed E-state index contributed by atoms with van der Waals surface area (Å²) in [6.45, 7) is 0.457. The van der Waals surface area contributed by atoms with Gasteiger partial charge in [0.2, 0.25) is 10.0 Å². The fourth-order valence-electron chi connectivity index (χ4n) is 2.02. The second-order valence-corrected chi connectivity index (χ2v) is 8.20. The Balaban J connectivity index is 2.11. The molecule has 7 heteroatoms. The molecule has 0 bridgehead atoms. The van der Waals surface area contributed by atoms with E-state index in [9.17, 15) is 8.42 Å². The van der Waals surface area contributed by atoms with Gasteiger partial charge >= 0.3 is 0 Å². The van der Waals surface area contributed by atoms with E-state index in [1.165, 1.54) is 18.2 Å². The van der Waals surface area contributed by atoms with Crippen LogP contribution in [0.3, 0.4) is 0 Å². The van der Waals surface area contributed by atoms with E-state index in [0.29, 0.717) is 11.6 Å². The fraction of sp³-hybridized carbons (Fsp3) is 0.500. The van der Waals surface area contributed by atoms with E-state index in [1.54, 1.807) is 11.8 Å². The van der Waals surface area contributed by atoms with E-state index < -0.39 is 10.0 Å². The maximum absolute atomic E-state index is 12.2. The summed E-state index contributed by atoms with van der Waals surface area (Å²) in [6.07, 6.45) is 5.29. The quantitative estimate of drug-likeness (QED) is 0.818. The van der Waals surface area contributed by atoms with Crippen LogP contribution in [-0.4, -0.2) is 26.0 Å². The van der Waals surface area contributed by atoms with E-state index in [0.717, 1.165) is 19.3 Å². The van der Waals surface area contributed by atoms with Crippen molar-refractivity contribution in [3.8, 4) is 0 Å². The van der Waals surface area contributed by atoms with Gasteiger partial charge in [0.05, 0.1) is 15.6 Å². The molecule has 1 aliphatic rings. The average molecular weight is 321 g/mol. The number of anilines is 1. The molecule has 0 atom stereocenters. The summed E-state index contributed by atoms with van der Waals surface area (Å²) in [5.74, 6) is 0. The molecule has 1 aliphatic carbocycles. The monoisotopic (exact) mass is 320 g/mol. The molecule has 4 nitrogen and oxygen atoms in total. The lowest BCUT2D eigenvalue weighted by Crippen LogP contribution is -2.45. The van der Waals surface area contributed by atoms with Gasteiger partial charge in [-0.15, -0.1) is 0 Å². The first-order valence-electron chi connectivity index (χ1n) is 5.98. The predicted octanol–water partition coefficient (Wildman–Crippen LogP) is 2.49. The first kappa shape index (κ1) is 15.0. The molecule has 106 valence electrons. The van der Waals surface area contributed by atoms with Crippen molar-refractivity contribution in [2.75, 3.05) is 18.5 Å². The van der Waals surface area contributed by atoms with Gasteiger partial charge in [0.1, 0.15) is 0 Å². The number of rotatable bonds is 5. The van der Waals surface area contributed by atoms with Crippen molar-refractivity contribution in [3.05, 3.63) is 23.2 Å². The van der Waals surface area contributed by atoms with Crippen LogP contribution in [0.25, 0.3) is 0 Å². The van der Waals surface area contributed by atoms with Gasteiger partial charge in [-0.05, 0) is 37.3 Å². The minimum Gasteiger partial charge on any atom is -0.397 e. The Morgan fingerprint density at radius 3 is 2.63 bits per heavy atom. The van der Waals surface area contributed by atoms with E-state index in [1.807, 2.05) is 6.26 Å². The van der Waals surface area contributed by atoms with E-state index in [2.05, 4.69) is 4.72 Å². The molecule has 0 spiro atoms. The molecule has 0 radical (unpaired) electrons. The zero-order valence-corrected chi connectivity index (χ0v) is 13.0. The summed E-state index contributed by atoms with van der Waals surface area (Å²) in [7, 11) is -3.52. The van der Waals surface area contributed by atoms with Gasteiger partial charge in [-0.1, -0.05) is 18.0 Å². The van der Waals surface area contributed by atoms with Crippen LogP contribution in [0.1, 0.15) is 19.3 Å². The molecule has 0 amide bonds. The zero-order valence-electron chi connectivity index (χ0n) is 10.6. The molecule has 0 aliphatic heterocycles. The molecular formula is C12H17ClN2O2S2. The maximum Gasteiger partial charge on any atom is 0.240 e. The smallest absolute Gasteiger partial charge is 0.240 e. The average Bonchev–Trinajstić information content (AvgIpc) is 2.31. The van der Waals surface area contributed by atoms with Gasteiger partial charge in [-0.25, -0.2) is 13.1 Å². The number of benzene rings is 1. The van der Waals surface area contributed by atoms with E-state index in [-0.39, 0.29) is 15.3 Å². The van der Waals surface area contributed by atoms with Crippen LogP contribution in [0.4, 0.5) is 5.69 Å². The Bertz CT molecular complexity index is 566. The summed E-state index contributed by atoms with van der Waals surface area (Å²) >= 11 is 7.52. The van der Waals surface area contributed by atoms with Crippen molar-refractivity contribution in [1.82, 2.24) is 4.72 Å². The summed E-state index contributed by atoms with van der Waals surface area (Å²) < 4.78 is 27.1. The number of nitrogens with one attached hydrogen (secondary N) is 1.